The Kier molecular flexibility index (Phi) is 9.65. The van der Waals surface area contributed by atoms with Crippen molar-refractivity contribution in [1.82, 2.24) is 0 Å². The van der Waals surface area contributed by atoms with Crippen LogP contribution in [0.2, 0.25) is 5.04 Å². The van der Waals surface area contributed by atoms with E-state index in [2.05, 4.69) is 69.3 Å². The molecule has 5 rings (SSSR count). The fourth-order valence-electron chi connectivity index (χ4n) is 5.90. The van der Waals surface area contributed by atoms with E-state index in [1.54, 1.807) is 0 Å². The lowest BCUT2D eigenvalue weighted by atomic mass is 9.90. The molecule has 1 aliphatic heterocycles. The van der Waals surface area contributed by atoms with Gasteiger partial charge in [0.2, 0.25) is 6.79 Å². The Morgan fingerprint density at radius 1 is 0.814 bits per heavy atom. The van der Waals surface area contributed by atoms with Crippen LogP contribution in [0.15, 0.2) is 109 Å². The van der Waals surface area contributed by atoms with Crippen molar-refractivity contribution >= 4 is 24.7 Å². The quantitative estimate of drug-likeness (QED) is 0.143. The van der Waals surface area contributed by atoms with E-state index in [-0.39, 0.29) is 36.7 Å². The highest BCUT2D eigenvalue weighted by Crippen LogP contribution is 2.40. The van der Waals surface area contributed by atoms with Gasteiger partial charge in [0.05, 0.1) is 32.8 Å². The second kappa shape index (κ2) is 13.6. The summed E-state index contributed by atoms with van der Waals surface area (Å²) in [5.41, 5.74) is 1.94. The van der Waals surface area contributed by atoms with Crippen LogP contribution in [0.3, 0.4) is 0 Å². The molecule has 0 amide bonds. The third kappa shape index (κ3) is 6.85. The number of fused-ring (bicyclic) bond motifs is 1. The van der Waals surface area contributed by atoms with Gasteiger partial charge in [-0.05, 0) is 38.7 Å². The topological polar surface area (TPSA) is 63.2 Å². The van der Waals surface area contributed by atoms with Gasteiger partial charge in [0.1, 0.15) is 0 Å². The standard InChI is InChI=1S/C36H40O6Si/c1-36(2,3)43(29-16-10-6-11-17-29,30-18-12-7-13-19-30)42-25-34(39-24-27-14-8-5-9-15-27)31(23-35(37)38-4)28-20-21-32-33(22-28)41-26-40-32/h5-22,31,34H,23-26H2,1-4H3/t31-,34+/m0/s1. The van der Waals surface area contributed by atoms with Crippen molar-refractivity contribution in [2.75, 3.05) is 20.5 Å². The first kappa shape index (κ1) is 30.5. The minimum absolute atomic E-state index is 0.125. The maximum atomic E-state index is 12.8. The lowest BCUT2D eigenvalue weighted by molar-refractivity contribution is -0.142. The van der Waals surface area contributed by atoms with Gasteiger partial charge in [-0.25, -0.2) is 0 Å². The maximum Gasteiger partial charge on any atom is 0.306 e. The number of carbonyl (C=O) groups excluding carboxylic acids is 1. The molecule has 7 heteroatoms. The number of benzene rings is 4. The molecule has 0 aromatic heterocycles. The largest absolute Gasteiger partial charge is 0.469 e. The summed E-state index contributed by atoms with van der Waals surface area (Å²) in [5, 5.41) is 2.15. The van der Waals surface area contributed by atoms with E-state index in [1.165, 1.54) is 17.5 Å². The predicted molar refractivity (Wildman–Crippen MR) is 171 cm³/mol. The van der Waals surface area contributed by atoms with Gasteiger partial charge in [-0.15, -0.1) is 0 Å². The Labute approximate surface area is 255 Å². The highest BCUT2D eigenvalue weighted by atomic mass is 28.4. The number of ether oxygens (including phenoxy) is 4. The van der Waals surface area contributed by atoms with Crippen LogP contribution < -0.4 is 19.8 Å². The Hall–Kier alpha value is -3.91. The van der Waals surface area contributed by atoms with Crippen LogP contribution in [-0.2, 0) is 25.3 Å². The zero-order valence-electron chi connectivity index (χ0n) is 25.3. The fraction of sp³-hybridized carbons (Fsp3) is 0.306. The summed E-state index contributed by atoms with van der Waals surface area (Å²) in [4.78, 5) is 12.8. The first-order valence-electron chi connectivity index (χ1n) is 14.7. The van der Waals surface area contributed by atoms with Crippen molar-refractivity contribution in [2.24, 2.45) is 0 Å². The summed E-state index contributed by atoms with van der Waals surface area (Å²) in [6.07, 6.45) is -0.346. The Balaban J connectivity index is 1.57. The molecule has 4 aromatic carbocycles. The summed E-state index contributed by atoms with van der Waals surface area (Å²) in [6, 6.07) is 36.9. The van der Waals surface area contributed by atoms with E-state index in [0.29, 0.717) is 18.1 Å². The third-order valence-corrected chi connectivity index (χ3v) is 13.1. The Morgan fingerprint density at radius 3 is 1.98 bits per heavy atom. The molecule has 0 saturated carbocycles. The molecule has 0 N–H and O–H groups in total. The van der Waals surface area contributed by atoms with Crippen LogP contribution in [0.4, 0.5) is 0 Å². The Bertz CT molecular complexity index is 1430. The van der Waals surface area contributed by atoms with Crippen LogP contribution in [0.25, 0.3) is 0 Å². The normalized spacial score (nSPS) is 14.2. The van der Waals surface area contributed by atoms with Crippen molar-refractivity contribution in [3.8, 4) is 11.5 Å². The van der Waals surface area contributed by atoms with E-state index < -0.39 is 14.4 Å². The molecule has 1 aliphatic rings. The average molecular weight is 597 g/mol. The highest BCUT2D eigenvalue weighted by Gasteiger charge is 2.50. The van der Waals surface area contributed by atoms with E-state index >= 15 is 0 Å². The molecule has 2 atom stereocenters. The molecule has 43 heavy (non-hydrogen) atoms. The van der Waals surface area contributed by atoms with Crippen LogP contribution in [0.5, 0.6) is 11.5 Å². The molecule has 0 unspecified atom stereocenters. The van der Waals surface area contributed by atoms with Crippen LogP contribution in [0, 0.1) is 0 Å². The minimum Gasteiger partial charge on any atom is -0.469 e. The highest BCUT2D eigenvalue weighted by molar-refractivity contribution is 6.99. The number of methoxy groups -OCH3 is 1. The molecule has 0 spiro atoms. The van der Waals surface area contributed by atoms with Gasteiger partial charge in [0, 0.05) is 5.92 Å². The van der Waals surface area contributed by atoms with Gasteiger partial charge < -0.3 is 23.4 Å². The summed E-state index contributed by atoms with van der Waals surface area (Å²) in [7, 11) is -1.46. The molecular formula is C36H40O6Si. The van der Waals surface area contributed by atoms with Gasteiger partial charge >= 0.3 is 5.97 Å². The summed E-state index contributed by atoms with van der Waals surface area (Å²) >= 11 is 0. The van der Waals surface area contributed by atoms with E-state index in [0.717, 1.165) is 11.1 Å². The minimum atomic E-state index is -2.87. The molecule has 0 saturated heterocycles. The van der Waals surface area contributed by atoms with Crippen LogP contribution >= 0.6 is 0 Å². The fourth-order valence-corrected chi connectivity index (χ4v) is 10.5. The second-order valence-electron chi connectivity index (χ2n) is 11.8. The average Bonchev–Trinajstić information content (AvgIpc) is 3.51. The molecule has 6 nitrogen and oxygen atoms in total. The molecule has 0 bridgehead atoms. The number of rotatable bonds is 12. The van der Waals surface area contributed by atoms with Gasteiger partial charge in [0.15, 0.2) is 11.5 Å². The maximum absolute atomic E-state index is 12.8. The Morgan fingerprint density at radius 2 is 1.40 bits per heavy atom. The zero-order chi connectivity index (χ0) is 30.3. The number of hydrogen-bond acceptors (Lipinski definition) is 6. The van der Waals surface area contributed by atoms with Gasteiger partial charge in [-0.2, -0.15) is 0 Å². The van der Waals surface area contributed by atoms with Crippen molar-refractivity contribution in [3.05, 3.63) is 120 Å². The summed E-state index contributed by atoms with van der Waals surface area (Å²) in [5.74, 6) is 0.665. The number of hydrogen-bond donors (Lipinski definition) is 0. The van der Waals surface area contributed by atoms with Gasteiger partial charge in [-0.3, -0.25) is 4.79 Å². The molecule has 0 aliphatic carbocycles. The SMILES string of the molecule is COC(=O)C[C@@H](c1ccc2c(c1)OCO2)[C@@H](CO[Si](c1ccccc1)(c1ccccc1)C(C)(C)C)OCc1ccccc1. The lowest BCUT2D eigenvalue weighted by Crippen LogP contribution is -2.67. The lowest BCUT2D eigenvalue weighted by Gasteiger charge is -2.44. The molecule has 224 valence electrons. The van der Waals surface area contributed by atoms with Crippen molar-refractivity contribution in [2.45, 2.75) is 50.9 Å². The zero-order valence-corrected chi connectivity index (χ0v) is 26.3. The molecule has 4 aromatic rings. The molecule has 0 radical (unpaired) electrons. The van der Waals surface area contributed by atoms with E-state index in [1.807, 2.05) is 60.7 Å². The monoisotopic (exact) mass is 596 g/mol. The summed E-state index contributed by atoms with van der Waals surface area (Å²) < 4.78 is 30.5. The van der Waals surface area contributed by atoms with Crippen molar-refractivity contribution in [1.29, 1.82) is 0 Å². The predicted octanol–water partition coefficient (Wildman–Crippen LogP) is 6.22. The third-order valence-electron chi connectivity index (χ3n) is 8.08. The van der Waals surface area contributed by atoms with Crippen LogP contribution in [0.1, 0.15) is 44.2 Å². The molecular weight excluding hydrogens is 556 g/mol. The van der Waals surface area contributed by atoms with Crippen molar-refractivity contribution in [3.63, 3.8) is 0 Å². The van der Waals surface area contributed by atoms with E-state index in [9.17, 15) is 4.79 Å². The smallest absolute Gasteiger partial charge is 0.306 e. The summed E-state index contributed by atoms with van der Waals surface area (Å²) in [6.45, 7) is 7.58. The van der Waals surface area contributed by atoms with Gasteiger partial charge in [0.25, 0.3) is 8.32 Å². The number of esters is 1. The molecule has 0 fully saturated rings. The van der Waals surface area contributed by atoms with Crippen molar-refractivity contribution < 1.29 is 28.2 Å². The first-order chi connectivity index (χ1) is 20.8. The first-order valence-corrected chi connectivity index (χ1v) is 16.6. The molecule has 1 heterocycles. The van der Waals surface area contributed by atoms with Crippen LogP contribution in [-0.4, -0.2) is 40.9 Å². The second-order valence-corrected chi connectivity index (χ2v) is 16.1. The van der Waals surface area contributed by atoms with E-state index in [4.69, 9.17) is 23.4 Å². The van der Waals surface area contributed by atoms with Gasteiger partial charge in [-0.1, -0.05) is 118 Å². The number of carbonyl (C=O) groups is 1.